The number of carbonyl (C=O) groups is 1. The summed E-state index contributed by atoms with van der Waals surface area (Å²) in [5.74, 6) is 1.54. The van der Waals surface area contributed by atoms with Gasteiger partial charge >= 0.3 is 0 Å². The Balaban J connectivity index is 1.67. The number of hydrogen-bond donors (Lipinski definition) is 1. The highest BCUT2D eigenvalue weighted by atomic mass is 32.2. The van der Waals surface area contributed by atoms with Crippen LogP contribution in [0, 0.1) is 6.92 Å². The normalized spacial score (nSPS) is 16.3. The summed E-state index contributed by atoms with van der Waals surface area (Å²) in [6.45, 7) is 6.02. The van der Waals surface area contributed by atoms with Crippen LogP contribution in [0.2, 0.25) is 0 Å². The maximum atomic E-state index is 12.5. The molecule has 1 aliphatic rings. The number of rotatable bonds is 8. The van der Waals surface area contributed by atoms with Gasteiger partial charge in [-0.2, -0.15) is 0 Å². The Bertz CT molecular complexity index is 755. The maximum Gasteiger partial charge on any atom is 0.251 e. The number of carbonyl (C=O) groups excluding carboxylic acids is 1. The van der Waals surface area contributed by atoms with Gasteiger partial charge in [-0.05, 0) is 57.0 Å². The van der Waals surface area contributed by atoms with Gasteiger partial charge in [-0.25, -0.2) is 0 Å². The second-order valence-corrected chi connectivity index (χ2v) is 7.75. The molecule has 1 N–H and O–H groups in total. The van der Waals surface area contributed by atoms with Crippen LogP contribution in [0.5, 0.6) is 5.75 Å². The van der Waals surface area contributed by atoms with Gasteiger partial charge in [0.05, 0.1) is 12.7 Å². The van der Waals surface area contributed by atoms with Crippen LogP contribution in [-0.2, 0) is 10.5 Å². The molecule has 2 aromatic rings. The Morgan fingerprint density at radius 2 is 2.07 bits per heavy atom. The smallest absolute Gasteiger partial charge is 0.251 e. The molecule has 27 heavy (non-hydrogen) atoms. The summed E-state index contributed by atoms with van der Waals surface area (Å²) in [5, 5.41) is 2.99. The molecule has 2 aromatic carbocycles. The van der Waals surface area contributed by atoms with Gasteiger partial charge in [0.1, 0.15) is 5.75 Å². The molecule has 1 atom stereocenters. The molecule has 0 bridgehead atoms. The molecule has 4 nitrogen and oxygen atoms in total. The number of amides is 1. The Kier molecular flexibility index (Phi) is 7.18. The van der Waals surface area contributed by atoms with Gasteiger partial charge in [0.25, 0.3) is 5.91 Å². The number of nitrogens with one attached hydrogen (secondary N) is 1. The quantitative estimate of drug-likeness (QED) is 0.675. The van der Waals surface area contributed by atoms with E-state index in [1.54, 1.807) is 11.8 Å². The van der Waals surface area contributed by atoms with Crippen LogP contribution in [0.25, 0.3) is 0 Å². The van der Waals surface area contributed by atoms with E-state index in [1.807, 2.05) is 25.1 Å². The molecule has 3 rings (SSSR count). The summed E-state index contributed by atoms with van der Waals surface area (Å²) < 4.78 is 11.3. The molecule has 0 saturated carbocycles. The molecule has 1 amide bonds. The molecule has 144 valence electrons. The van der Waals surface area contributed by atoms with Crippen LogP contribution in [0.4, 0.5) is 0 Å². The number of aryl methyl sites for hydroxylation is 1. The van der Waals surface area contributed by atoms with E-state index in [9.17, 15) is 4.79 Å². The Morgan fingerprint density at radius 1 is 1.26 bits per heavy atom. The largest absolute Gasteiger partial charge is 0.494 e. The van der Waals surface area contributed by atoms with Gasteiger partial charge in [-0.3, -0.25) is 4.79 Å². The lowest BCUT2D eigenvalue weighted by molar-refractivity contribution is 0.0857. The van der Waals surface area contributed by atoms with Crippen molar-refractivity contribution in [3.63, 3.8) is 0 Å². The SMILES string of the molecule is CCOc1ccc(C(=O)NC[C@H]2CCCO2)cc1CSc1ccc(C)cc1. The molecular weight excluding hydrogens is 358 g/mol. The molecule has 0 aromatic heterocycles. The van der Waals surface area contributed by atoms with Crippen molar-refractivity contribution in [2.24, 2.45) is 0 Å². The third-order valence-electron chi connectivity index (χ3n) is 4.55. The maximum absolute atomic E-state index is 12.5. The Hall–Kier alpha value is -1.98. The summed E-state index contributed by atoms with van der Waals surface area (Å²) in [7, 11) is 0. The van der Waals surface area contributed by atoms with Crippen LogP contribution in [-0.4, -0.2) is 31.8 Å². The zero-order valence-corrected chi connectivity index (χ0v) is 16.8. The van der Waals surface area contributed by atoms with Crippen LogP contribution >= 0.6 is 11.8 Å². The lowest BCUT2D eigenvalue weighted by Crippen LogP contribution is -2.31. The first-order valence-electron chi connectivity index (χ1n) is 9.50. The molecule has 1 heterocycles. The van der Waals surface area contributed by atoms with E-state index in [4.69, 9.17) is 9.47 Å². The first-order chi connectivity index (χ1) is 13.2. The second-order valence-electron chi connectivity index (χ2n) is 6.70. The fourth-order valence-electron chi connectivity index (χ4n) is 3.04. The summed E-state index contributed by atoms with van der Waals surface area (Å²) in [6, 6.07) is 14.1. The summed E-state index contributed by atoms with van der Waals surface area (Å²) >= 11 is 1.74. The van der Waals surface area contributed by atoms with Crippen molar-refractivity contribution < 1.29 is 14.3 Å². The second kappa shape index (κ2) is 9.81. The van der Waals surface area contributed by atoms with Gasteiger partial charge < -0.3 is 14.8 Å². The van der Waals surface area contributed by atoms with Crippen LogP contribution in [0.3, 0.4) is 0 Å². The topological polar surface area (TPSA) is 47.6 Å². The summed E-state index contributed by atoms with van der Waals surface area (Å²) in [4.78, 5) is 13.7. The van der Waals surface area contributed by atoms with Crippen LogP contribution in [0.15, 0.2) is 47.4 Å². The van der Waals surface area contributed by atoms with Crippen LogP contribution in [0.1, 0.15) is 41.3 Å². The van der Waals surface area contributed by atoms with Crippen molar-refractivity contribution in [2.75, 3.05) is 19.8 Å². The third kappa shape index (κ3) is 5.75. The zero-order valence-electron chi connectivity index (χ0n) is 16.0. The molecule has 0 unspecified atom stereocenters. The fraction of sp³-hybridized carbons (Fsp3) is 0.409. The monoisotopic (exact) mass is 385 g/mol. The average Bonchev–Trinajstić information content (AvgIpc) is 3.20. The van der Waals surface area contributed by atoms with Crippen molar-refractivity contribution in [2.45, 2.75) is 43.4 Å². The number of ether oxygens (including phenoxy) is 2. The number of benzene rings is 2. The highest BCUT2D eigenvalue weighted by Gasteiger charge is 2.17. The van der Waals surface area contributed by atoms with E-state index in [0.29, 0.717) is 18.7 Å². The first-order valence-corrected chi connectivity index (χ1v) is 10.5. The van der Waals surface area contributed by atoms with Crippen molar-refractivity contribution in [1.29, 1.82) is 0 Å². The predicted octanol–water partition coefficient (Wildman–Crippen LogP) is 4.59. The molecule has 0 aliphatic carbocycles. The fourth-order valence-corrected chi connectivity index (χ4v) is 3.92. The lowest BCUT2D eigenvalue weighted by Gasteiger charge is -2.14. The van der Waals surface area contributed by atoms with E-state index >= 15 is 0 Å². The molecule has 1 saturated heterocycles. The zero-order chi connectivity index (χ0) is 19.1. The molecular formula is C22H27NO3S. The van der Waals surface area contributed by atoms with Gasteiger partial charge in [0.2, 0.25) is 0 Å². The minimum absolute atomic E-state index is 0.0601. The van der Waals surface area contributed by atoms with Gasteiger partial charge in [-0.15, -0.1) is 11.8 Å². The van der Waals surface area contributed by atoms with Crippen molar-refractivity contribution >= 4 is 17.7 Å². The number of thioether (sulfide) groups is 1. The highest BCUT2D eigenvalue weighted by Crippen LogP contribution is 2.29. The minimum atomic E-state index is -0.0601. The van der Waals surface area contributed by atoms with E-state index in [1.165, 1.54) is 10.5 Å². The average molecular weight is 386 g/mol. The summed E-state index contributed by atoms with van der Waals surface area (Å²) in [6.07, 6.45) is 2.24. The lowest BCUT2D eigenvalue weighted by atomic mass is 10.1. The van der Waals surface area contributed by atoms with Crippen LogP contribution < -0.4 is 10.1 Å². The van der Waals surface area contributed by atoms with Gasteiger partial charge in [-0.1, -0.05) is 17.7 Å². The van der Waals surface area contributed by atoms with E-state index in [2.05, 4.69) is 36.5 Å². The molecule has 0 radical (unpaired) electrons. The predicted molar refractivity (Wildman–Crippen MR) is 110 cm³/mol. The van der Waals surface area contributed by atoms with E-state index in [-0.39, 0.29) is 12.0 Å². The Morgan fingerprint density at radius 3 is 2.78 bits per heavy atom. The molecule has 5 heteroatoms. The van der Waals surface area contributed by atoms with Crippen molar-refractivity contribution in [1.82, 2.24) is 5.32 Å². The minimum Gasteiger partial charge on any atom is -0.494 e. The third-order valence-corrected chi connectivity index (χ3v) is 5.61. The van der Waals surface area contributed by atoms with E-state index < -0.39 is 0 Å². The molecule has 1 fully saturated rings. The first kappa shape index (κ1) is 19.8. The van der Waals surface area contributed by atoms with E-state index in [0.717, 1.165) is 36.5 Å². The van der Waals surface area contributed by atoms with Gasteiger partial charge in [0.15, 0.2) is 0 Å². The molecule has 0 spiro atoms. The Labute approximate surface area is 165 Å². The number of hydrogen-bond acceptors (Lipinski definition) is 4. The van der Waals surface area contributed by atoms with Crippen molar-refractivity contribution in [3.05, 3.63) is 59.2 Å². The highest BCUT2D eigenvalue weighted by molar-refractivity contribution is 7.98. The molecule has 1 aliphatic heterocycles. The van der Waals surface area contributed by atoms with Gasteiger partial charge in [0, 0.05) is 34.9 Å². The standard InChI is InChI=1S/C22H27NO3S/c1-3-25-21-11-8-17(22(24)23-14-19-5-4-12-26-19)13-18(21)15-27-20-9-6-16(2)7-10-20/h6-11,13,19H,3-5,12,14-15H2,1-2H3,(H,23,24)/t19-/m1/s1. The van der Waals surface area contributed by atoms with Crippen molar-refractivity contribution in [3.8, 4) is 5.75 Å². The summed E-state index contributed by atoms with van der Waals surface area (Å²) in [5.41, 5.74) is 2.95.